The third kappa shape index (κ3) is 5.20. The fourth-order valence-electron chi connectivity index (χ4n) is 2.42. The van der Waals surface area contributed by atoms with Crippen LogP contribution in [0.2, 0.25) is 0 Å². The van der Waals surface area contributed by atoms with Gasteiger partial charge in [0.2, 0.25) is 5.91 Å². The van der Waals surface area contributed by atoms with E-state index >= 15 is 0 Å². The van der Waals surface area contributed by atoms with Crippen LogP contribution in [0.15, 0.2) is 48.1 Å². The van der Waals surface area contributed by atoms with Gasteiger partial charge in [-0.3, -0.25) is 4.79 Å². The SMILES string of the molecule is CCN(C/C=C/c1ccccc1)C(=O)CC1=CCNCC1. The zero-order chi connectivity index (χ0) is 14.9. The molecule has 1 aromatic carbocycles. The van der Waals surface area contributed by atoms with E-state index in [0.29, 0.717) is 13.0 Å². The predicted octanol–water partition coefficient (Wildman–Crippen LogP) is 2.86. The molecule has 0 fully saturated rings. The molecule has 1 aliphatic rings. The van der Waals surface area contributed by atoms with Crippen LogP contribution in [0.1, 0.15) is 25.3 Å². The van der Waals surface area contributed by atoms with E-state index in [4.69, 9.17) is 0 Å². The number of rotatable bonds is 6. The number of benzene rings is 1. The van der Waals surface area contributed by atoms with Gasteiger partial charge in [0.1, 0.15) is 0 Å². The summed E-state index contributed by atoms with van der Waals surface area (Å²) in [7, 11) is 0. The molecule has 112 valence electrons. The average molecular weight is 284 g/mol. The van der Waals surface area contributed by atoms with Crippen LogP contribution in [0, 0.1) is 0 Å². The second kappa shape index (κ2) is 8.42. The van der Waals surface area contributed by atoms with Crippen molar-refractivity contribution in [3.63, 3.8) is 0 Å². The highest BCUT2D eigenvalue weighted by Gasteiger charge is 2.13. The summed E-state index contributed by atoms with van der Waals surface area (Å²) in [5.74, 6) is 0.225. The van der Waals surface area contributed by atoms with E-state index in [-0.39, 0.29) is 5.91 Å². The molecule has 1 aliphatic heterocycles. The maximum absolute atomic E-state index is 12.3. The Morgan fingerprint density at radius 1 is 1.33 bits per heavy atom. The topological polar surface area (TPSA) is 32.3 Å². The molecule has 1 amide bonds. The molecule has 1 heterocycles. The molecule has 21 heavy (non-hydrogen) atoms. The minimum absolute atomic E-state index is 0.225. The maximum Gasteiger partial charge on any atom is 0.226 e. The minimum atomic E-state index is 0.225. The summed E-state index contributed by atoms with van der Waals surface area (Å²) < 4.78 is 0. The van der Waals surface area contributed by atoms with Gasteiger partial charge in [-0.2, -0.15) is 0 Å². The zero-order valence-corrected chi connectivity index (χ0v) is 12.7. The first-order valence-electron chi connectivity index (χ1n) is 7.67. The molecule has 0 bridgehead atoms. The lowest BCUT2D eigenvalue weighted by atomic mass is 10.1. The van der Waals surface area contributed by atoms with E-state index in [1.54, 1.807) is 0 Å². The first-order valence-corrected chi connectivity index (χ1v) is 7.67. The molecule has 0 spiro atoms. The minimum Gasteiger partial charge on any atom is -0.339 e. The van der Waals surface area contributed by atoms with Crippen molar-refractivity contribution in [3.8, 4) is 0 Å². The summed E-state index contributed by atoms with van der Waals surface area (Å²) in [5, 5.41) is 3.27. The normalized spacial score (nSPS) is 15.0. The van der Waals surface area contributed by atoms with Crippen molar-refractivity contribution < 1.29 is 4.79 Å². The summed E-state index contributed by atoms with van der Waals surface area (Å²) in [6, 6.07) is 10.2. The van der Waals surface area contributed by atoms with E-state index in [9.17, 15) is 4.79 Å². The number of carbonyl (C=O) groups is 1. The Labute approximate surface area is 127 Å². The Balaban J connectivity index is 1.85. The standard InChI is InChI=1S/C18H24N2O/c1-2-20(14-6-9-16-7-4-3-5-8-16)18(21)15-17-10-12-19-13-11-17/h3-10,19H,2,11-15H2,1H3/b9-6+. The van der Waals surface area contributed by atoms with Gasteiger partial charge in [-0.15, -0.1) is 0 Å². The molecule has 0 radical (unpaired) electrons. The van der Waals surface area contributed by atoms with Crippen LogP contribution in [0.25, 0.3) is 6.08 Å². The predicted molar refractivity (Wildman–Crippen MR) is 87.9 cm³/mol. The van der Waals surface area contributed by atoms with Gasteiger partial charge in [0, 0.05) is 26.1 Å². The number of hydrogen-bond donors (Lipinski definition) is 1. The number of carbonyl (C=O) groups excluding carboxylic acids is 1. The molecule has 0 saturated carbocycles. The lowest BCUT2D eigenvalue weighted by Crippen LogP contribution is -2.32. The quantitative estimate of drug-likeness (QED) is 0.815. The number of likely N-dealkylation sites (N-methyl/N-ethyl adjacent to an activating group) is 1. The van der Waals surface area contributed by atoms with Crippen molar-refractivity contribution in [2.24, 2.45) is 0 Å². The molecule has 0 aliphatic carbocycles. The van der Waals surface area contributed by atoms with Crippen molar-refractivity contribution >= 4 is 12.0 Å². The highest BCUT2D eigenvalue weighted by atomic mass is 16.2. The molecule has 0 atom stereocenters. The van der Waals surface area contributed by atoms with Crippen molar-refractivity contribution in [1.29, 1.82) is 0 Å². The van der Waals surface area contributed by atoms with Gasteiger partial charge < -0.3 is 10.2 Å². The van der Waals surface area contributed by atoms with Gasteiger partial charge in [0.25, 0.3) is 0 Å². The second-order valence-corrected chi connectivity index (χ2v) is 5.24. The summed E-state index contributed by atoms with van der Waals surface area (Å²) in [6.45, 7) is 5.34. The van der Waals surface area contributed by atoms with E-state index in [2.05, 4.69) is 35.7 Å². The first-order chi connectivity index (χ1) is 10.3. The van der Waals surface area contributed by atoms with Gasteiger partial charge in [-0.1, -0.05) is 54.1 Å². The van der Waals surface area contributed by atoms with Crippen LogP contribution in [0.5, 0.6) is 0 Å². The number of amides is 1. The van der Waals surface area contributed by atoms with Crippen LogP contribution >= 0.6 is 0 Å². The molecular weight excluding hydrogens is 260 g/mol. The Kier molecular flexibility index (Phi) is 6.22. The molecule has 0 saturated heterocycles. The van der Waals surface area contributed by atoms with Gasteiger partial charge >= 0.3 is 0 Å². The number of nitrogens with zero attached hydrogens (tertiary/aromatic N) is 1. The lowest BCUT2D eigenvalue weighted by Gasteiger charge is -2.21. The van der Waals surface area contributed by atoms with Gasteiger partial charge in [0.15, 0.2) is 0 Å². The van der Waals surface area contributed by atoms with E-state index < -0.39 is 0 Å². The third-order valence-electron chi connectivity index (χ3n) is 3.71. The van der Waals surface area contributed by atoms with Crippen LogP contribution in [0.4, 0.5) is 0 Å². The monoisotopic (exact) mass is 284 g/mol. The molecule has 1 aromatic rings. The number of nitrogens with one attached hydrogen (secondary N) is 1. The van der Waals surface area contributed by atoms with Crippen molar-refractivity contribution in [1.82, 2.24) is 10.2 Å². The van der Waals surface area contributed by atoms with Crippen LogP contribution in [-0.2, 0) is 4.79 Å². The van der Waals surface area contributed by atoms with Gasteiger partial charge in [0.05, 0.1) is 0 Å². The van der Waals surface area contributed by atoms with Crippen LogP contribution in [-0.4, -0.2) is 37.0 Å². The number of hydrogen-bond acceptors (Lipinski definition) is 2. The molecular formula is C18H24N2O. The Bertz CT molecular complexity index is 505. The van der Waals surface area contributed by atoms with E-state index in [1.165, 1.54) is 11.1 Å². The third-order valence-corrected chi connectivity index (χ3v) is 3.71. The molecule has 0 aromatic heterocycles. The van der Waals surface area contributed by atoms with Crippen molar-refractivity contribution in [3.05, 3.63) is 53.6 Å². The molecule has 3 heteroatoms. The Morgan fingerprint density at radius 3 is 2.81 bits per heavy atom. The van der Waals surface area contributed by atoms with E-state index in [0.717, 1.165) is 26.1 Å². The second-order valence-electron chi connectivity index (χ2n) is 5.24. The summed E-state index contributed by atoms with van der Waals surface area (Å²) in [5.41, 5.74) is 2.44. The van der Waals surface area contributed by atoms with E-state index in [1.807, 2.05) is 30.0 Å². The van der Waals surface area contributed by atoms with Crippen LogP contribution < -0.4 is 5.32 Å². The maximum atomic E-state index is 12.3. The first kappa shape index (κ1) is 15.5. The van der Waals surface area contributed by atoms with Gasteiger partial charge in [-0.05, 0) is 25.5 Å². The zero-order valence-electron chi connectivity index (χ0n) is 12.7. The Hall–Kier alpha value is -1.87. The fourth-order valence-corrected chi connectivity index (χ4v) is 2.42. The van der Waals surface area contributed by atoms with Crippen molar-refractivity contribution in [2.45, 2.75) is 19.8 Å². The highest BCUT2D eigenvalue weighted by molar-refractivity contribution is 5.79. The molecule has 3 nitrogen and oxygen atoms in total. The summed E-state index contributed by atoms with van der Waals surface area (Å²) in [4.78, 5) is 14.2. The van der Waals surface area contributed by atoms with Crippen LogP contribution in [0.3, 0.4) is 0 Å². The van der Waals surface area contributed by atoms with Crippen molar-refractivity contribution in [2.75, 3.05) is 26.2 Å². The summed E-state index contributed by atoms with van der Waals surface area (Å²) in [6.07, 6.45) is 7.83. The molecule has 1 N–H and O–H groups in total. The largest absolute Gasteiger partial charge is 0.339 e. The Morgan fingerprint density at radius 2 is 2.14 bits per heavy atom. The highest BCUT2D eigenvalue weighted by Crippen LogP contribution is 2.11. The lowest BCUT2D eigenvalue weighted by molar-refractivity contribution is -0.129. The smallest absolute Gasteiger partial charge is 0.226 e. The van der Waals surface area contributed by atoms with Gasteiger partial charge in [-0.25, -0.2) is 0 Å². The fraction of sp³-hybridized carbons (Fsp3) is 0.389. The molecule has 2 rings (SSSR count). The average Bonchev–Trinajstić information content (AvgIpc) is 2.53. The molecule has 0 unspecified atom stereocenters. The summed E-state index contributed by atoms with van der Waals surface area (Å²) >= 11 is 0.